The molecule has 1 amide bonds. The van der Waals surface area contributed by atoms with Gasteiger partial charge in [0.25, 0.3) is 5.91 Å². The number of benzene rings is 2. The number of hydrogen-bond donors (Lipinski definition) is 0. The fourth-order valence-corrected chi connectivity index (χ4v) is 3.74. The predicted octanol–water partition coefficient (Wildman–Crippen LogP) is 4.15. The number of amides is 1. The summed E-state index contributed by atoms with van der Waals surface area (Å²) in [5.41, 5.74) is 7.60. The van der Waals surface area contributed by atoms with Crippen LogP contribution in [0.5, 0.6) is 0 Å². The van der Waals surface area contributed by atoms with Crippen LogP contribution in [0.1, 0.15) is 30.0 Å². The largest absolute Gasteiger partial charge is 0.381 e. The fraction of sp³-hybridized carbons (Fsp3) is 0.286. The maximum absolute atomic E-state index is 13.3. The molecule has 0 atom stereocenters. The first-order chi connectivity index (χ1) is 11.6. The number of fused-ring (bicyclic) bond motifs is 2. The van der Waals surface area contributed by atoms with Crippen molar-refractivity contribution in [3.05, 3.63) is 64.9 Å². The number of hydrogen-bond acceptors (Lipinski definition) is 2. The molecule has 1 aliphatic heterocycles. The first-order valence-electron chi connectivity index (χ1n) is 8.52. The van der Waals surface area contributed by atoms with E-state index in [1.165, 1.54) is 17.5 Å². The number of anilines is 2. The Morgan fingerprint density at radius 2 is 1.79 bits per heavy atom. The van der Waals surface area contributed by atoms with Crippen LogP contribution < -0.4 is 4.90 Å². The first kappa shape index (κ1) is 15.0. The summed E-state index contributed by atoms with van der Waals surface area (Å²) in [6.07, 6.45) is 3.49. The zero-order valence-electron chi connectivity index (χ0n) is 14.5. The summed E-state index contributed by atoms with van der Waals surface area (Å²) < 4.78 is 0. The Hall–Kier alpha value is -2.55. The number of aryl methyl sites for hydroxylation is 2. The number of carbonyl (C=O) groups is 1. The Bertz CT molecular complexity index is 864. The van der Waals surface area contributed by atoms with Crippen molar-refractivity contribution in [2.24, 2.45) is 0 Å². The number of nitrogens with zero attached hydrogens (tertiary/aromatic N) is 2. The molecule has 2 aromatic carbocycles. The number of allylic oxidation sites excluding steroid dienone is 1. The van der Waals surface area contributed by atoms with Crippen LogP contribution in [0, 0.1) is 0 Å². The maximum Gasteiger partial charge on any atom is 0.265 e. The van der Waals surface area contributed by atoms with Crippen LogP contribution in [-0.2, 0) is 17.6 Å². The van der Waals surface area contributed by atoms with Gasteiger partial charge in [-0.25, -0.2) is 0 Å². The van der Waals surface area contributed by atoms with Gasteiger partial charge in [-0.3, -0.25) is 9.69 Å². The molecule has 122 valence electrons. The molecule has 0 fully saturated rings. The standard InChI is InChI=1S/C21H22N2O/c1-14(22(2)3)20-18-9-4-5-10-19(18)23(21(20)24)17-12-11-15-7-6-8-16(15)13-17/h4-5,9-13H,6-8H2,1-3H3/b20-14-. The van der Waals surface area contributed by atoms with E-state index in [4.69, 9.17) is 0 Å². The summed E-state index contributed by atoms with van der Waals surface area (Å²) in [6.45, 7) is 2.01. The van der Waals surface area contributed by atoms with Crippen LogP contribution in [0.2, 0.25) is 0 Å². The lowest BCUT2D eigenvalue weighted by Crippen LogP contribution is -2.22. The molecule has 0 bridgehead atoms. The van der Waals surface area contributed by atoms with Crippen molar-refractivity contribution in [1.29, 1.82) is 0 Å². The highest BCUT2D eigenvalue weighted by Crippen LogP contribution is 2.43. The summed E-state index contributed by atoms with van der Waals surface area (Å²) in [7, 11) is 3.96. The Kier molecular flexibility index (Phi) is 3.45. The summed E-state index contributed by atoms with van der Waals surface area (Å²) in [4.78, 5) is 17.1. The smallest absolute Gasteiger partial charge is 0.265 e. The molecule has 24 heavy (non-hydrogen) atoms. The molecule has 0 saturated heterocycles. The van der Waals surface area contributed by atoms with Gasteiger partial charge in [0, 0.05) is 31.0 Å². The van der Waals surface area contributed by atoms with Gasteiger partial charge >= 0.3 is 0 Å². The van der Waals surface area contributed by atoms with Gasteiger partial charge in [0.1, 0.15) is 0 Å². The van der Waals surface area contributed by atoms with Crippen LogP contribution in [0.3, 0.4) is 0 Å². The third kappa shape index (κ3) is 2.15. The van der Waals surface area contributed by atoms with E-state index in [-0.39, 0.29) is 5.91 Å². The molecule has 0 aromatic heterocycles. The minimum atomic E-state index is 0.0698. The van der Waals surface area contributed by atoms with Gasteiger partial charge in [0.15, 0.2) is 0 Å². The van der Waals surface area contributed by atoms with Gasteiger partial charge in [-0.15, -0.1) is 0 Å². The van der Waals surface area contributed by atoms with Gasteiger partial charge in [0.2, 0.25) is 0 Å². The van der Waals surface area contributed by atoms with Crippen LogP contribution in [-0.4, -0.2) is 24.9 Å². The van der Waals surface area contributed by atoms with E-state index in [1.54, 1.807) is 0 Å². The maximum atomic E-state index is 13.3. The zero-order chi connectivity index (χ0) is 16.8. The topological polar surface area (TPSA) is 23.6 Å². The lowest BCUT2D eigenvalue weighted by molar-refractivity contribution is -0.112. The monoisotopic (exact) mass is 318 g/mol. The molecule has 3 nitrogen and oxygen atoms in total. The Labute approximate surface area is 143 Å². The first-order valence-corrected chi connectivity index (χ1v) is 8.52. The molecule has 1 aliphatic carbocycles. The summed E-state index contributed by atoms with van der Waals surface area (Å²) >= 11 is 0. The summed E-state index contributed by atoms with van der Waals surface area (Å²) in [5.74, 6) is 0.0698. The van der Waals surface area contributed by atoms with E-state index in [9.17, 15) is 4.79 Å². The third-order valence-electron chi connectivity index (χ3n) is 5.20. The van der Waals surface area contributed by atoms with Crippen LogP contribution >= 0.6 is 0 Å². The minimum absolute atomic E-state index is 0.0698. The van der Waals surface area contributed by atoms with Gasteiger partial charge in [-0.2, -0.15) is 0 Å². The van der Waals surface area contributed by atoms with E-state index in [1.807, 2.05) is 55.1 Å². The summed E-state index contributed by atoms with van der Waals surface area (Å²) in [5, 5.41) is 0. The molecule has 0 spiro atoms. The van der Waals surface area contributed by atoms with Crippen LogP contribution in [0.15, 0.2) is 48.2 Å². The van der Waals surface area contributed by atoms with E-state index < -0.39 is 0 Å². The van der Waals surface area contributed by atoms with E-state index in [0.29, 0.717) is 0 Å². The van der Waals surface area contributed by atoms with Crippen molar-refractivity contribution in [2.45, 2.75) is 26.2 Å². The second-order valence-electron chi connectivity index (χ2n) is 6.82. The number of para-hydroxylation sites is 1. The molecule has 0 unspecified atom stereocenters. The third-order valence-corrected chi connectivity index (χ3v) is 5.20. The molecule has 4 rings (SSSR count). The SMILES string of the molecule is C/C(=C1/C(=O)N(c2ccc3c(c2)CCC3)c2ccccc21)N(C)C. The van der Waals surface area contributed by atoms with Crippen molar-refractivity contribution >= 4 is 22.9 Å². The van der Waals surface area contributed by atoms with Gasteiger partial charge in [-0.1, -0.05) is 24.3 Å². The quantitative estimate of drug-likeness (QED) is 0.777. The van der Waals surface area contributed by atoms with Gasteiger partial charge < -0.3 is 4.90 Å². The average molecular weight is 318 g/mol. The highest BCUT2D eigenvalue weighted by atomic mass is 16.2. The molecular formula is C21H22N2O. The van der Waals surface area contributed by atoms with Crippen LogP contribution in [0.25, 0.3) is 5.57 Å². The lowest BCUT2D eigenvalue weighted by atomic mass is 10.1. The molecule has 1 heterocycles. The van der Waals surface area contributed by atoms with Crippen molar-refractivity contribution < 1.29 is 4.79 Å². The normalized spacial score (nSPS) is 17.8. The second kappa shape index (κ2) is 5.52. The van der Waals surface area contributed by atoms with Crippen molar-refractivity contribution in [1.82, 2.24) is 4.90 Å². The lowest BCUT2D eigenvalue weighted by Gasteiger charge is -2.19. The molecule has 2 aromatic rings. The highest BCUT2D eigenvalue weighted by molar-refractivity contribution is 6.35. The second-order valence-corrected chi connectivity index (χ2v) is 6.82. The average Bonchev–Trinajstić information content (AvgIpc) is 3.14. The van der Waals surface area contributed by atoms with Crippen LogP contribution in [0.4, 0.5) is 11.4 Å². The number of rotatable bonds is 2. The Balaban J connectivity index is 1.88. The number of carbonyl (C=O) groups excluding carboxylic acids is 1. The molecule has 2 aliphatic rings. The highest BCUT2D eigenvalue weighted by Gasteiger charge is 2.35. The van der Waals surface area contributed by atoms with E-state index >= 15 is 0 Å². The Morgan fingerprint density at radius 3 is 2.58 bits per heavy atom. The predicted molar refractivity (Wildman–Crippen MR) is 98.3 cm³/mol. The zero-order valence-corrected chi connectivity index (χ0v) is 14.5. The molecule has 0 radical (unpaired) electrons. The molecular weight excluding hydrogens is 296 g/mol. The van der Waals surface area contributed by atoms with E-state index in [0.717, 1.165) is 41.1 Å². The minimum Gasteiger partial charge on any atom is -0.381 e. The Morgan fingerprint density at radius 1 is 1.04 bits per heavy atom. The van der Waals surface area contributed by atoms with E-state index in [2.05, 4.69) is 18.2 Å². The van der Waals surface area contributed by atoms with Crippen molar-refractivity contribution in [3.63, 3.8) is 0 Å². The fourth-order valence-electron chi connectivity index (χ4n) is 3.74. The molecule has 0 saturated carbocycles. The van der Waals surface area contributed by atoms with Crippen molar-refractivity contribution in [2.75, 3.05) is 19.0 Å². The molecule has 3 heteroatoms. The van der Waals surface area contributed by atoms with Gasteiger partial charge in [0.05, 0.1) is 11.3 Å². The summed E-state index contributed by atoms with van der Waals surface area (Å²) in [6, 6.07) is 14.6. The van der Waals surface area contributed by atoms with Gasteiger partial charge in [-0.05, 0) is 55.5 Å². The van der Waals surface area contributed by atoms with Crippen molar-refractivity contribution in [3.8, 4) is 0 Å². The molecule has 0 N–H and O–H groups in total.